The van der Waals surface area contributed by atoms with Crippen LogP contribution < -0.4 is 0 Å². The predicted molar refractivity (Wildman–Crippen MR) is 65.5 cm³/mol. The molecule has 0 unspecified atom stereocenters. The fourth-order valence-electron chi connectivity index (χ4n) is 0.846. The second-order valence-electron chi connectivity index (χ2n) is 2.38. The monoisotopic (exact) mass is 244 g/mol. The van der Waals surface area contributed by atoms with Gasteiger partial charge in [-0.1, -0.05) is 0 Å². The largest absolute Gasteiger partial charge is 0.748 e. The molecule has 0 saturated carbocycles. The molecular weight excluding hydrogens is 228 g/mol. The van der Waals surface area contributed by atoms with E-state index in [0.717, 1.165) is 0 Å². The van der Waals surface area contributed by atoms with Crippen molar-refractivity contribution in [1.29, 1.82) is 0 Å². The van der Waals surface area contributed by atoms with Crippen molar-refractivity contribution in [1.82, 2.24) is 0 Å². The van der Waals surface area contributed by atoms with E-state index >= 15 is 0 Å². The van der Waals surface area contributed by atoms with Crippen molar-refractivity contribution in [3.8, 4) is 0 Å². The Balaban J connectivity index is 0. The van der Waals surface area contributed by atoms with E-state index in [0.29, 0.717) is 0 Å². The molecule has 0 saturated heterocycles. The molecule has 2 aromatic rings. The minimum atomic E-state index is 0. The molecule has 2 aromatic carbocycles. The molecule has 0 spiro atoms. The third-order valence-electron chi connectivity index (χ3n) is 1.48. The van der Waals surface area contributed by atoms with Crippen molar-refractivity contribution in [3.05, 3.63) is 66.7 Å². The van der Waals surface area contributed by atoms with Gasteiger partial charge < -0.3 is 30.3 Å². The van der Waals surface area contributed by atoms with Crippen LogP contribution in [0.5, 0.6) is 0 Å². The van der Waals surface area contributed by atoms with Gasteiger partial charge in [0.2, 0.25) is 0 Å². The molecule has 0 nitrogen and oxygen atoms in total. The van der Waals surface area contributed by atoms with Gasteiger partial charge in [0, 0.05) is 17.1 Å². The molecule has 0 aliphatic heterocycles. The van der Waals surface area contributed by atoms with E-state index in [1.54, 1.807) is 0 Å². The van der Waals surface area contributed by atoms with Crippen LogP contribution in [0.4, 0.5) is 0 Å². The Bertz CT molecular complexity index is 265. The van der Waals surface area contributed by atoms with Crippen molar-refractivity contribution in [3.63, 3.8) is 0 Å². The molecule has 0 N–H and O–H groups in total. The van der Waals surface area contributed by atoms with Crippen molar-refractivity contribution >= 4 is 17.0 Å². The van der Waals surface area contributed by atoms with Crippen molar-refractivity contribution in [2.24, 2.45) is 0 Å². The molecule has 0 aromatic heterocycles. The Kier molecular flexibility index (Phi) is 11.5. The predicted octanol–water partition coefficient (Wildman–Crippen LogP) is 2.00. The van der Waals surface area contributed by atoms with Gasteiger partial charge in [-0.25, -0.2) is 0 Å². The first-order chi connectivity index (χ1) is 5.93. The Labute approximate surface area is 101 Å². The molecule has 14 heavy (non-hydrogen) atoms. The molecule has 0 amide bonds. The van der Waals surface area contributed by atoms with E-state index in [1.807, 2.05) is 60.7 Å². The standard InChI is InChI=1S/C7H7.C5H5.Fe.H4Si/c1-2-7-5-3-4-6-7;1-2-4-5-3-1;;/h2-6H,1H2;1-5H;;1H4/q-1;-5;;. The summed E-state index contributed by atoms with van der Waals surface area (Å²) in [5.74, 6) is 0. The van der Waals surface area contributed by atoms with E-state index < -0.39 is 0 Å². The Hall–Kier alpha value is -0.824. The molecule has 82 valence electrons. The first-order valence-corrected chi connectivity index (χ1v) is 3.94. The minimum absolute atomic E-state index is 0. The maximum absolute atomic E-state index is 3.60. The van der Waals surface area contributed by atoms with Crippen LogP contribution in [0.25, 0.3) is 6.08 Å². The van der Waals surface area contributed by atoms with Crippen LogP contribution in [0.15, 0.2) is 61.2 Å². The van der Waals surface area contributed by atoms with Gasteiger partial charge in [0.25, 0.3) is 0 Å². The second kappa shape index (κ2) is 10.3. The van der Waals surface area contributed by atoms with Crippen LogP contribution in [0, 0.1) is 0 Å². The van der Waals surface area contributed by atoms with Crippen LogP contribution >= 0.6 is 0 Å². The zero-order valence-electron chi connectivity index (χ0n) is 7.33. The van der Waals surface area contributed by atoms with Crippen LogP contribution in [0.1, 0.15) is 5.56 Å². The SMILES string of the molecule is C=C[c-]1cccc1.[Fe].[SiH4].[cH-]1[cH-][cH-][cH-][cH-]1. The summed E-state index contributed by atoms with van der Waals surface area (Å²) >= 11 is 0. The summed E-state index contributed by atoms with van der Waals surface area (Å²) in [4.78, 5) is 0. The molecule has 0 aliphatic rings. The first-order valence-electron chi connectivity index (χ1n) is 3.94. The van der Waals surface area contributed by atoms with Crippen molar-refractivity contribution < 1.29 is 17.1 Å². The van der Waals surface area contributed by atoms with Gasteiger partial charge in [0.05, 0.1) is 0 Å². The van der Waals surface area contributed by atoms with Gasteiger partial charge >= 0.3 is 0 Å². The molecule has 0 bridgehead atoms. The fraction of sp³-hybridized carbons (Fsp3) is 0. The summed E-state index contributed by atoms with van der Waals surface area (Å²) in [5, 5.41) is 0. The minimum Gasteiger partial charge on any atom is -0.748 e. The van der Waals surface area contributed by atoms with Crippen molar-refractivity contribution in [2.75, 3.05) is 0 Å². The first kappa shape index (κ1) is 15.6. The number of rotatable bonds is 1. The zero-order valence-corrected chi connectivity index (χ0v) is 8.44. The maximum Gasteiger partial charge on any atom is 0 e. The third-order valence-corrected chi connectivity index (χ3v) is 1.48. The fourth-order valence-corrected chi connectivity index (χ4v) is 0.846. The van der Waals surface area contributed by atoms with Gasteiger partial charge in [-0.15, -0.1) is 23.8 Å². The average Bonchev–Trinajstić information content (AvgIpc) is 2.81. The Morgan fingerprint density at radius 1 is 0.929 bits per heavy atom. The zero-order chi connectivity index (χ0) is 8.65. The molecular formula is C12H16FeSi-6. The molecule has 0 fully saturated rings. The van der Waals surface area contributed by atoms with E-state index in [-0.39, 0.29) is 28.0 Å². The van der Waals surface area contributed by atoms with Crippen LogP contribution in [-0.2, 0) is 17.1 Å². The summed E-state index contributed by atoms with van der Waals surface area (Å²) in [6.07, 6.45) is 1.83. The van der Waals surface area contributed by atoms with Gasteiger partial charge in [0.1, 0.15) is 0 Å². The summed E-state index contributed by atoms with van der Waals surface area (Å²) in [7, 11) is 0. The summed E-state index contributed by atoms with van der Waals surface area (Å²) in [5.41, 5.74) is 1.19. The Morgan fingerprint density at radius 2 is 1.29 bits per heavy atom. The van der Waals surface area contributed by atoms with E-state index in [2.05, 4.69) is 6.58 Å². The Morgan fingerprint density at radius 3 is 1.50 bits per heavy atom. The molecule has 2 rings (SSSR count). The van der Waals surface area contributed by atoms with Gasteiger partial charge in [0.15, 0.2) is 0 Å². The van der Waals surface area contributed by atoms with Gasteiger partial charge in [-0.2, -0.15) is 18.7 Å². The summed E-state index contributed by atoms with van der Waals surface area (Å²) in [6.45, 7) is 3.60. The van der Waals surface area contributed by atoms with Crippen LogP contribution in [0.3, 0.4) is 0 Å². The van der Waals surface area contributed by atoms with E-state index in [1.165, 1.54) is 5.56 Å². The molecule has 0 heterocycles. The van der Waals surface area contributed by atoms with Crippen LogP contribution in [0.2, 0.25) is 0 Å². The molecule has 0 atom stereocenters. The number of hydrogen-bond acceptors (Lipinski definition) is 0. The topological polar surface area (TPSA) is 0 Å². The van der Waals surface area contributed by atoms with E-state index in [9.17, 15) is 0 Å². The van der Waals surface area contributed by atoms with Crippen LogP contribution in [-0.4, -0.2) is 11.0 Å². The molecule has 0 radical (unpaired) electrons. The molecule has 2 heteroatoms. The average molecular weight is 244 g/mol. The van der Waals surface area contributed by atoms with Gasteiger partial charge in [-0.05, 0) is 11.0 Å². The normalized spacial score (nSPS) is 7.14. The van der Waals surface area contributed by atoms with Gasteiger partial charge in [-0.3, -0.25) is 0 Å². The third kappa shape index (κ3) is 6.67. The quantitative estimate of drug-likeness (QED) is 0.531. The smallest absolute Gasteiger partial charge is 0 e. The molecule has 0 aliphatic carbocycles. The van der Waals surface area contributed by atoms with Crippen molar-refractivity contribution in [2.45, 2.75) is 0 Å². The summed E-state index contributed by atoms with van der Waals surface area (Å²) < 4.78 is 0. The number of hydrogen-bond donors (Lipinski definition) is 0. The maximum atomic E-state index is 3.60. The summed E-state index contributed by atoms with van der Waals surface area (Å²) in [6, 6.07) is 18.0. The van der Waals surface area contributed by atoms with E-state index in [4.69, 9.17) is 0 Å². The second-order valence-corrected chi connectivity index (χ2v) is 2.38.